The van der Waals surface area contributed by atoms with Gasteiger partial charge < -0.3 is 0 Å². The third-order valence-electron chi connectivity index (χ3n) is 0.664. The molecule has 2 heteroatoms. The molecular weight excluding hydrogens is 122 g/mol. The molecule has 0 aliphatic carbocycles. The van der Waals surface area contributed by atoms with Crippen molar-refractivity contribution in [2.24, 2.45) is 5.41 Å². The van der Waals surface area contributed by atoms with Crippen molar-refractivity contribution < 1.29 is 17.0 Å². The summed E-state index contributed by atoms with van der Waals surface area (Å²) in [5.41, 5.74) is -2.39. The van der Waals surface area contributed by atoms with E-state index in [0.717, 1.165) is 6.92 Å². The Morgan fingerprint density at radius 2 is 1.78 bits per heavy atom. The molecule has 56 valence electrons. The number of hydrogen-bond donors (Lipinski definition) is 0. The molecule has 0 saturated heterocycles. The highest BCUT2D eigenvalue weighted by Crippen LogP contribution is 2.30. The van der Waals surface area contributed by atoms with Crippen LogP contribution in [0.4, 0.5) is 8.78 Å². The molecule has 0 aliphatic heterocycles. The Balaban J connectivity index is 5.26. The molecule has 0 aliphatic rings. The Labute approximate surface area is 63.7 Å². The quantitative estimate of drug-likeness (QED) is 0.527. The molecule has 0 spiro atoms. The Morgan fingerprint density at radius 1 is 1.33 bits per heavy atom. The minimum atomic E-state index is -3.32. The lowest BCUT2D eigenvalue weighted by atomic mass is 9.89. The lowest BCUT2D eigenvalue weighted by molar-refractivity contribution is -0.0168. The third-order valence-corrected chi connectivity index (χ3v) is 0.664. The maximum absolute atomic E-state index is 12.8. The summed E-state index contributed by atoms with van der Waals surface area (Å²) in [5, 5.41) is 0. The first-order valence-corrected chi connectivity index (χ1v) is 2.59. The second kappa shape index (κ2) is 2.24. The van der Waals surface area contributed by atoms with Crippen molar-refractivity contribution in [1.29, 1.82) is 0 Å². The third kappa shape index (κ3) is 7.86. The van der Waals surface area contributed by atoms with Crippen LogP contribution in [0.1, 0.15) is 42.2 Å². The van der Waals surface area contributed by atoms with E-state index in [1.54, 1.807) is 0 Å². The normalized spacial score (nSPS) is 26.7. The Bertz CT molecular complexity index is 209. The molecule has 0 amide bonds. The first-order chi connectivity index (χ1) is 6.21. The number of hydrogen-bond acceptors (Lipinski definition) is 0. The number of alkyl halides is 2. The van der Waals surface area contributed by atoms with E-state index < -0.39 is 31.5 Å². The zero-order valence-corrected chi connectivity index (χ0v) is 5.46. The fourth-order valence-corrected chi connectivity index (χ4v) is 0.621. The van der Waals surface area contributed by atoms with E-state index in [-0.39, 0.29) is 0 Å². The highest BCUT2D eigenvalue weighted by Gasteiger charge is 2.28. The van der Waals surface area contributed by atoms with Gasteiger partial charge in [-0.25, -0.2) is 8.78 Å². The molecule has 0 N–H and O–H groups in total. The summed E-state index contributed by atoms with van der Waals surface area (Å²) in [5.74, 6) is -3.32. The van der Waals surface area contributed by atoms with Gasteiger partial charge in [-0.2, -0.15) is 0 Å². The van der Waals surface area contributed by atoms with Crippen LogP contribution in [0.15, 0.2) is 0 Å². The molecule has 0 atom stereocenters. The van der Waals surface area contributed by atoms with Crippen LogP contribution in [0.5, 0.6) is 0 Å². The van der Waals surface area contributed by atoms with Gasteiger partial charge in [-0.3, -0.25) is 0 Å². The molecule has 0 unspecified atom stereocenters. The van der Waals surface area contributed by atoms with Crippen LogP contribution in [0.25, 0.3) is 0 Å². The van der Waals surface area contributed by atoms with Crippen molar-refractivity contribution in [3.05, 3.63) is 0 Å². The molecule has 9 heavy (non-hydrogen) atoms. The topological polar surface area (TPSA) is 0 Å². The van der Waals surface area contributed by atoms with Crippen molar-refractivity contribution in [3.63, 3.8) is 0 Å². The van der Waals surface area contributed by atoms with Crippen molar-refractivity contribution in [1.82, 2.24) is 0 Å². The predicted molar refractivity (Wildman–Crippen MR) is 34.7 cm³/mol. The molecule has 0 saturated carbocycles. The fourth-order valence-electron chi connectivity index (χ4n) is 0.621. The number of rotatable bonds is 1. The van der Waals surface area contributed by atoms with E-state index >= 15 is 0 Å². The average molecular weight is 142 g/mol. The summed E-state index contributed by atoms with van der Waals surface area (Å²) < 4.78 is 67.9. The molecule has 0 aromatic rings. The first kappa shape index (κ1) is 2.85. The molecule has 0 radical (unpaired) electrons. The molecule has 0 rings (SSSR count). The van der Waals surface area contributed by atoms with E-state index in [1.807, 2.05) is 0 Å². The maximum atomic E-state index is 12.8. The van der Waals surface area contributed by atoms with Gasteiger partial charge in [0.1, 0.15) is 0 Å². The summed E-state index contributed by atoms with van der Waals surface area (Å²) in [7, 11) is 0. The van der Waals surface area contributed by atoms with Gasteiger partial charge in [0.05, 0.1) is 0 Å². The Kier molecular flexibility index (Phi) is 0.708. The van der Waals surface area contributed by atoms with Gasteiger partial charge in [0.25, 0.3) is 0 Å². The van der Waals surface area contributed by atoms with E-state index in [0.29, 0.717) is 6.92 Å². The van der Waals surface area contributed by atoms with Crippen molar-refractivity contribution in [2.45, 2.75) is 39.9 Å². The molecule has 0 heterocycles. The first-order valence-electron chi connectivity index (χ1n) is 5.59. The van der Waals surface area contributed by atoms with E-state index in [9.17, 15) is 8.78 Å². The monoisotopic (exact) mass is 142 g/mol. The molecular formula is C7H14F2. The van der Waals surface area contributed by atoms with Gasteiger partial charge >= 0.3 is 0 Å². The van der Waals surface area contributed by atoms with Crippen molar-refractivity contribution in [3.8, 4) is 0 Å². The van der Waals surface area contributed by atoms with Crippen LogP contribution >= 0.6 is 0 Å². The van der Waals surface area contributed by atoms with Crippen LogP contribution in [-0.2, 0) is 0 Å². The van der Waals surface area contributed by atoms with Crippen molar-refractivity contribution >= 4 is 0 Å². The van der Waals surface area contributed by atoms with Crippen molar-refractivity contribution in [2.75, 3.05) is 0 Å². The Morgan fingerprint density at radius 3 is 1.89 bits per heavy atom. The van der Waals surface area contributed by atoms with Gasteiger partial charge in [0.2, 0.25) is 5.92 Å². The van der Waals surface area contributed by atoms with E-state index in [1.165, 1.54) is 0 Å². The minimum Gasteiger partial charge on any atom is -0.207 e. The van der Waals surface area contributed by atoms with Crippen LogP contribution in [0.2, 0.25) is 0 Å². The summed E-state index contributed by atoms with van der Waals surface area (Å²) in [6.45, 7) is -4.53. The Hall–Kier alpha value is -0.140. The standard InChI is InChI=1S/C7H14F2/c1-6(2,3)5-7(4,8)9/h5H2,1-4H3/i1D3,2D3. The van der Waals surface area contributed by atoms with Gasteiger partial charge in [-0.1, -0.05) is 20.6 Å². The van der Waals surface area contributed by atoms with E-state index in [2.05, 4.69) is 0 Å². The van der Waals surface area contributed by atoms with Crippen LogP contribution < -0.4 is 0 Å². The minimum absolute atomic E-state index is 0.517. The SMILES string of the molecule is [2H]C([2H])([2H])C(C)(CC(C)(F)F)C([2H])([2H])[2H]. The largest absolute Gasteiger partial charge is 0.245 e. The van der Waals surface area contributed by atoms with Gasteiger partial charge in [0.15, 0.2) is 0 Å². The lowest BCUT2D eigenvalue weighted by Crippen LogP contribution is -2.20. The molecule has 0 bridgehead atoms. The zero-order valence-electron chi connectivity index (χ0n) is 11.5. The smallest absolute Gasteiger partial charge is 0.207 e. The highest BCUT2D eigenvalue weighted by molar-refractivity contribution is 4.69. The van der Waals surface area contributed by atoms with Crippen LogP contribution in [0.3, 0.4) is 0 Å². The van der Waals surface area contributed by atoms with Gasteiger partial charge in [0, 0.05) is 14.6 Å². The van der Waals surface area contributed by atoms with E-state index in [4.69, 9.17) is 8.22 Å². The second-order valence-corrected chi connectivity index (χ2v) is 2.58. The summed E-state index contributed by atoms with van der Waals surface area (Å²) in [4.78, 5) is 0. The molecule has 0 nitrogen and oxygen atoms in total. The average Bonchev–Trinajstić information content (AvgIpc) is 1.77. The molecule has 0 fully saturated rings. The summed E-state index contributed by atoms with van der Waals surface area (Å²) >= 11 is 0. The van der Waals surface area contributed by atoms with Gasteiger partial charge in [-0.15, -0.1) is 0 Å². The lowest BCUT2D eigenvalue weighted by Gasteiger charge is -2.22. The zero-order chi connectivity index (χ0) is 12.7. The highest BCUT2D eigenvalue weighted by atomic mass is 19.3. The molecule has 0 aromatic heterocycles. The van der Waals surface area contributed by atoms with Crippen LogP contribution in [-0.4, -0.2) is 5.92 Å². The molecule has 0 aromatic carbocycles. The fraction of sp³-hybridized carbons (Fsp3) is 1.00. The summed E-state index contributed by atoms with van der Waals surface area (Å²) in [6.07, 6.45) is -1.19. The predicted octanol–water partition coefficient (Wildman–Crippen LogP) is 3.08. The van der Waals surface area contributed by atoms with Crippen LogP contribution in [0, 0.1) is 5.41 Å². The second-order valence-electron chi connectivity index (χ2n) is 2.58. The van der Waals surface area contributed by atoms with Gasteiger partial charge in [-0.05, 0) is 12.3 Å². The number of halogens is 2. The summed E-state index contributed by atoms with van der Waals surface area (Å²) in [6, 6.07) is 0. The maximum Gasteiger partial charge on any atom is 0.245 e.